The number of hydrogen-bond donors (Lipinski definition) is 2. The molecule has 8 heteroatoms. The van der Waals surface area contributed by atoms with Gasteiger partial charge in [0.05, 0.1) is 0 Å². The van der Waals surface area contributed by atoms with Gasteiger partial charge in [0.1, 0.15) is 5.82 Å². The van der Waals surface area contributed by atoms with Crippen LogP contribution in [-0.2, 0) is 11.2 Å². The van der Waals surface area contributed by atoms with Crippen molar-refractivity contribution in [2.75, 3.05) is 26.2 Å². The zero-order chi connectivity index (χ0) is 18.4. The molecule has 3 rings (SSSR count). The molecule has 1 saturated heterocycles. The topological polar surface area (TPSA) is 86.9 Å². The first-order valence-electron chi connectivity index (χ1n) is 9.32. The smallest absolute Gasteiger partial charge is 0.222 e. The first kappa shape index (κ1) is 18.2. The Balaban J connectivity index is 1.56. The van der Waals surface area contributed by atoms with Crippen molar-refractivity contribution in [3.63, 3.8) is 0 Å². The molecule has 0 aliphatic carbocycles. The second kappa shape index (κ2) is 8.64. The van der Waals surface area contributed by atoms with Crippen molar-refractivity contribution in [1.82, 2.24) is 30.1 Å². The maximum atomic E-state index is 11.8. The number of rotatable bonds is 6. The highest BCUT2D eigenvalue weighted by molar-refractivity contribution is 5.80. The largest absolute Gasteiger partial charge is 0.357 e. The number of carbonyl (C=O) groups excluding carboxylic acids is 1. The third-order valence-corrected chi connectivity index (χ3v) is 4.52. The number of hydrogen-bond acceptors (Lipinski definition) is 4. The van der Waals surface area contributed by atoms with Gasteiger partial charge < -0.3 is 15.5 Å². The molecular formula is C18H27N7O. The van der Waals surface area contributed by atoms with Crippen LogP contribution >= 0.6 is 0 Å². The summed E-state index contributed by atoms with van der Waals surface area (Å²) >= 11 is 0. The Morgan fingerprint density at radius 3 is 3.04 bits per heavy atom. The second-order valence-electron chi connectivity index (χ2n) is 6.38. The summed E-state index contributed by atoms with van der Waals surface area (Å²) in [5, 5.41) is 15.1. The van der Waals surface area contributed by atoms with Gasteiger partial charge in [0.2, 0.25) is 5.91 Å². The molecule has 1 fully saturated rings. The number of nitrogens with zero attached hydrogens (tertiary/aromatic N) is 5. The minimum absolute atomic E-state index is 0.218. The third-order valence-electron chi connectivity index (χ3n) is 4.52. The number of likely N-dealkylation sites (tertiary alicyclic amines) is 1. The van der Waals surface area contributed by atoms with Crippen LogP contribution in [0.1, 0.15) is 32.5 Å². The number of carbonyl (C=O) groups is 1. The van der Waals surface area contributed by atoms with E-state index in [1.54, 1.807) is 0 Å². The summed E-state index contributed by atoms with van der Waals surface area (Å²) < 4.78 is 1.99. The van der Waals surface area contributed by atoms with E-state index in [4.69, 9.17) is 0 Å². The van der Waals surface area contributed by atoms with E-state index >= 15 is 0 Å². The van der Waals surface area contributed by atoms with E-state index in [0.29, 0.717) is 19.4 Å². The number of nitrogens with one attached hydrogen (secondary N) is 2. The van der Waals surface area contributed by atoms with Crippen LogP contribution < -0.4 is 10.6 Å². The lowest BCUT2D eigenvalue weighted by Crippen LogP contribution is -2.45. The van der Waals surface area contributed by atoms with Crippen molar-refractivity contribution in [3.05, 3.63) is 30.2 Å². The van der Waals surface area contributed by atoms with Gasteiger partial charge >= 0.3 is 0 Å². The molecule has 0 aromatic carbocycles. The number of amides is 1. The average Bonchev–Trinajstić information content (AvgIpc) is 3.29. The van der Waals surface area contributed by atoms with Crippen molar-refractivity contribution in [2.24, 2.45) is 4.99 Å². The Kier molecular flexibility index (Phi) is 6.04. The lowest BCUT2D eigenvalue weighted by molar-refractivity contribution is -0.129. The Labute approximate surface area is 153 Å². The van der Waals surface area contributed by atoms with E-state index in [9.17, 15) is 4.79 Å². The van der Waals surface area contributed by atoms with Gasteiger partial charge in [-0.05, 0) is 25.5 Å². The fourth-order valence-corrected chi connectivity index (χ4v) is 3.17. The molecule has 1 aliphatic rings. The average molecular weight is 357 g/mol. The molecule has 26 heavy (non-hydrogen) atoms. The lowest BCUT2D eigenvalue weighted by atomic mass is 10.3. The molecule has 1 amide bonds. The predicted molar refractivity (Wildman–Crippen MR) is 101 cm³/mol. The molecule has 1 atom stereocenters. The highest BCUT2D eigenvalue weighted by atomic mass is 16.2. The van der Waals surface area contributed by atoms with Crippen molar-refractivity contribution in [1.29, 1.82) is 0 Å². The van der Waals surface area contributed by atoms with Gasteiger partial charge in [-0.2, -0.15) is 0 Å². The highest BCUT2D eigenvalue weighted by Crippen LogP contribution is 2.10. The van der Waals surface area contributed by atoms with Gasteiger partial charge in [-0.15, -0.1) is 10.2 Å². The highest BCUT2D eigenvalue weighted by Gasteiger charge is 2.25. The normalized spacial score (nSPS) is 17.7. The molecule has 0 spiro atoms. The number of pyridine rings is 1. The molecule has 1 unspecified atom stereocenters. The molecular weight excluding hydrogens is 330 g/mol. The van der Waals surface area contributed by atoms with Crippen LogP contribution in [0.4, 0.5) is 0 Å². The second-order valence-corrected chi connectivity index (χ2v) is 6.38. The van der Waals surface area contributed by atoms with Crippen molar-refractivity contribution in [2.45, 2.75) is 39.2 Å². The van der Waals surface area contributed by atoms with E-state index in [0.717, 1.165) is 43.5 Å². The molecule has 140 valence electrons. The van der Waals surface area contributed by atoms with E-state index in [1.807, 2.05) is 47.5 Å². The van der Waals surface area contributed by atoms with Crippen molar-refractivity contribution >= 4 is 17.5 Å². The summed E-state index contributed by atoms with van der Waals surface area (Å²) in [6.07, 6.45) is 4.20. The molecule has 2 aromatic rings. The van der Waals surface area contributed by atoms with Gasteiger partial charge in [-0.25, -0.2) is 0 Å². The maximum absolute atomic E-state index is 11.8. The zero-order valence-corrected chi connectivity index (χ0v) is 15.5. The summed E-state index contributed by atoms with van der Waals surface area (Å²) in [5.74, 6) is 1.91. The Hall–Kier alpha value is -2.64. The van der Waals surface area contributed by atoms with Crippen LogP contribution in [0.25, 0.3) is 5.65 Å². The molecule has 1 aliphatic heterocycles. The van der Waals surface area contributed by atoms with Crippen LogP contribution in [0, 0.1) is 0 Å². The minimum Gasteiger partial charge on any atom is -0.357 e. The zero-order valence-electron chi connectivity index (χ0n) is 15.5. The molecule has 0 radical (unpaired) electrons. The Bertz CT molecular complexity index is 770. The van der Waals surface area contributed by atoms with Crippen molar-refractivity contribution < 1.29 is 4.79 Å². The molecule has 0 bridgehead atoms. The summed E-state index contributed by atoms with van der Waals surface area (Å²) in [5.41, 5.74) is 0.850. The fraction of sp³-hybridized carbons (Fsp3) is 0.556. The first-order chi connectivity index (χ1) is 12.7. The number of aliphatic imine (C=N–C) groups is 1. The first-order valence-corrected chi connectivity index (χ1v) is 9.32. The summed E-state index contributed by atoms with van der Waals surface area (Å²) in [6.45, 7) is 6.92. The number of aromatic nitrogens is 3. The van der Waals surface area contributed by atoms with Gasteiger partial charge in [0.15, 0.2) is 11.6 Å². The predicted octanol–water partition coefficient (Wildman–Crippen LogP) is 0.838. The van der Waals surface area contributed by atoms with Crippen LogP contribution in [0.2, 0.25) is 0 Å². The quantitative estimate of drug-likeness (QED) is 0.591. The molecule has 2 N–H and O–H groups in total. The van der Waals surface area contributed by atoms with Gasteiger partial charge in [-0.1, -0.05) is 13.0 Å². The molecule has 0 saturated carbocycles. The Morgan fingerprint density at radius 2 is 2.23 bits per heavy atom. The van der Waals surface area contributed by atoms with Crippen LogP contribution in [0.5, 0.6) is 0 Å². The molecule has 3 heterocycles. The SMILES string of the molecule is CCNC(=NCCc1nnc2ccccn12)NC1CCN(C(=O)CC)C1. The minimum atomic E-state index is 0.218. The Morgan fingerprint density at radius 1 is 1.35 bits per heavy atom. The van der Waals surface area contributed by atoms with Crippen LogP contribution in [0.15, 0.2) is 29.4 Å². The fourth-order valence-electron chi connectivity index (χ4n) is 3.17. The lowest BCUT2D eigenvalue weighted by Gasteiger charge is -2.18. The summed E-state index contributed by atoms with van der Waals surface area (Å²) in [4.78, 5) is 18.4. The van der Waals surface area contributed by atoms with Crippen LogP contribution in [0.3, 0.4) is 0 Å². The van der Waals surface area contributed by atoms with Gasteiger partial charge in [-0.3, -0.25) is 14.2 Å². The van der Waals surface area contributed by atoms with E-state index in [2.05, 4.69) is 25.8 Å². The van der Waals surface area contributed by atoms with Gasteiger partial charge in [0.25, 0.3) is 0 Å². The standard InChI is InChI=1S/C18H27N7O/c1-3-17(26)24-12-9-14(13-24)21-18(19-4-2)20-10-8-16-23-22-15-7-5-6-11-25(15)16/h5-7,11,14H,3-4,8-10,12-13H2,1-2H3,(H2,19,20,21). The monoisotopic (exact) mass is 357 g/mol. The maximum Gasteiger partial charge on any atom is 0.222 e. The van der Waals surface area contributed by atoms with E-state index in [-0.39, 0.29) is 11.9 Å². The summed E-state index contributed by atoms with van der Waals surface area (Å²) in [7, 11) is 0. The van der Waals surface area contributed by atoms with Gasteiger partial charge in [0, 0.05) is 51.3 Å². The number of guanidine groups is 1. The molecule has 2 aromatic heterocycles. The van der Waals surface area contributed by atoms with E-state index in [1.165, 1.54) is 0 Å². The van der Waals surface area contributed by atoms with Crippen molar-refractivity contribution in [3.8, 4) is 0 Å². The van der Waals surface area contributed by atoms with E-state index < -0.39 is 0 Å². The number of fused-ring (bicyclic) bond motifs is 1. The third kappa shape index (κ3) is 4.30. The summed E-state index contributed by atoms with van der Waals surface area (Å²) in [6, 6.07) is 6.11. The van der Waals surface area contributed by atoms with Crippen LogP contribution in [-0.4, -0.2) is 63.6 Å². The molecule has 8 nitrogen and oxygen atoms in total.